The summed E-state index contributed by atoms with van der Waals surface area (Å²) in [5, 5.41) is 3.46. The number of aryl methyl sites for hydroxylation is 1. The van der Waals surface area contributed by atoms with Crippen molar-refractivity contribution in [2.45, 2.75) is 30.7 Å². The lowest BCUT2D eigenvalue weighted by molar-refractivity contribution is -0.115. The third-order valence-corrected chi connectivity index (χ3v) is 5.75. The second kappa shape index (κ2) is 9.82. The number of hydrogen-bond acceptors (Lipinski definition) is 5. The van der Waals surface area contributed by atoms with Gasteiger partial charge in [-0.2, -0.15) is 0 Å². The van der Waals surface area contributed by atoms with E-state index in [9.17, 15) is 9.59 Å². The Morgan fingerprint density at radius 3 is 2.47 bits per heavy atom. The van der Waals surface area contributed by atoms with Crippen molar-refractivity contribution in [2.24, 2.45) is 0 Å². The number of halogens is 1. The zero-order valence-corrected chi connectivity index (χ0v) is 18.4. The molecule has 0 radical (unpaired) electrons. The Balaban J connectivity index is 1.67. The fraction of sp³-hybridized carbons (Fsp3) is 0.227. The molecule has 30 heavy (non-hydrogen) atoms. The highest BCUT2D eigenvalue weighted by Crippen LogP contribution is 2.22. The first-order chi connectivity index (χ1) is 14.4. The van der Waals surface area contributed by atoms with Crippen molar-refractivity contribution in [1.82, 2.24) is 9.97 Å². The Morgan fingerprint density at radius 2 is 1.87 bits per heavy atom. The van der Waals surface area contributed by atoms with E-state index in [1.807, 2.05) is 12.1 Å². The Bertz CT molecular complexity index is 1080. The summed E-state index contributed by atoms with van der Waals surface area (Å²) in [5.41, 5.74) is 2.67. The average molecular weight is 444 g/mol. The number of benzene rings is 2. The molecular formula is C22H22ClN3O3S. The van der Waals surface area contributed by atoms with Gasteiger partial charge in [0.1, 0.15) is 5.75 Å². The molecule has 0 aliphatic heterocycles. The van der Waals surface area contributed by atoms with Crippen LogP contribution in [0.15, 0.2) is 58.5 Å². The summed E-state index contributed by atoms with van der Waals surface area (Å²) in [6, 6.07) is 14.4. The first-order valence-corrected chi connectivity index (χ1v) is 10.6. The van der Waals surface area contributed by atoms with Gasteiger partial charge in [0, 0.05) is 28.4 Å². The predicted octanol–water partition coefficient (Wildman–Crippen LogP) is 4.45. The monoisotopic (exact) mass is 443 g/mol. The van der Waals surface area contributed by atoms with Gasteiger partial charge in [-0.25, -0.2) is 4.98 Å². The highest BCUT2D eigenvalue weighted by atomic mass is 35.5. The molecule has 1 atom stereocenters. The first-order valence-electron chi connectivity index (χ1n) is 9.31. The molecule has 0 saturated heterocycles. The maximum absolute atomic E-state index is 12.6. The summed E-state index contributed by atoms with van der Waals surface area (Å²) in [7, 11) is 1.59. The van der Waals surface area contributed by atoms with Crippen LogP contribution >= 0.6 is 23.4 Å². The van der Waals surface area contributed by atoms with Gasteiger partial charge in [0.2, 0.25) is 5.91 Å². The Hall–Kier alpha value is -2.77. The molecule has 1 aromatic heterocycles. The first kappa shape index (κ1) is 21.9. The largest absolute Gasteiger partial charge is 0.497 e. The van der Waals surface area contributed by atoms with Crippen molar-refractivity contribution in [3.63, 3.8) is 0 Å². The number of anilines is 1. The highest BCUT2D eigenvalue weighted by molar-refractivity contribution is 8.00. The SMILES string of the molecule is COc1ccc(NC(=O)C(C)Sc2nc(C)c(Cc3ccc(Cl)cc3)c(=O)[nH]2)cc1. The van der Waals surface area contributed by atoms with Gasteiger partial charge in [-0.15, -0.1) is 0 Å². The number of H-pyrrole nitrogens is 1. The van der Waals surface area contributed by atoms with E-state index in [1.165, 1.54) is 11.8 Å². The van der Waals surface area contributed by atoms with Crippen LogP contribution in [-0.4, -0.2) is 28.2 Å². The molecule has 3 aromatic rings. The minimum absolute atomic E-state index is 0.185. The van der Waals surface area contributed by atoms with Gasteiger partial charge in [0.05, 0.1) is 12.4 Å². The van der Waals surface area contributed by atoms with Crippen LogP contribution in [0.25, 0.3) is 0 Å². The molecule has 3 rings (SSSR count). The van der Waals surface area contributed by atoms with Crippen LogP contribution in [0.3, 0.4) is 0 Å². The van der Waals surface area contributed by atoms with Crippen molar-refractivity contribution in [3.05, 3.63) is 80.7 Å². The Labute approximate surface area is 184 Å². The fourth-order valence-corrected chi connectivity index (χ4v) is 3.76. The van der Waals surface area contributed by atoms with E-state index >= 15 is 0 Å². The molecule has 0 spiro atoms. The second-order valence-electron chi connectivity index (χ2n) is 6.72. The van der Waals surface area contributed by atoms with Crippen molar-refractivity contribution in [1.29, 1.82) is 0 Å². The normalized spacial score (nSPS) is 11.7. The van der Waals surface area contributed by atoms with Gasteiger partial charge in [0.15, 0.2) is 5.16 Å². The van der Waals surface area contributed by atoms with E-state index in [1.54, 1.807) is 57.4 Å². The molecule has 0 bridgehead atoms. The van der Waals surface area contributed by atoms with Crippen molar-refractivity contribution in [2.75, 3.05) is 12.4 Å². The number of carbonyl (C=O) groups excluding carboxylic acids is 1. The van der Waals surface area contributed by atoms with Gasteiger partial charge in [-0.3, -0.25) is 9.59 Å². The Morgan fingerprint density at radius 1 is 1.20 bits per heavy atom. The van der Waals surface area contributed by atoms with E-state index in [4.69, 9.17) is 16.3 Å². The lowest BCUT2D eigenvalue weighted by Crippen LogP contribution is -2.24. The highest BCUT2D eigenvalue weighted by Gasteiger charge is 2.18. The summed E-state index contributed by atoms with van der Waals surface area (Å²) in [4.78, 5) is 32.3. The maximum Gasteiger partial charge on any atom is 0.255 e. The number of amides is 1. The molecule has 2 aromatic carbocycles. The van der Waals surface area contributed by atoms with Gasteiger partial charge in [-0.1, -0.05) is 35.5 Å². The van der Waals surface area contributed by atoms with E-state index in [0.29, 0.717) is 39.3 Å². The summed E-state index contributed by atoms with van der Waals surface area (Å²) in [5.74, 6) is 0.530. The van der Waals surface area contributed by atoms with Gasteiger partial charge in [-0.05, 0) is 55.8 Å². The second-order valence-corrected chi connectivity index (χ2v) is 8.48. The number of hydrogen-bond donors (Lipinski definition) is 2. The van der Waals surface area contributed by atoms with Crippen LogP contribution in [-0.2, 0) is 11.2 Å². The maximum atomic E-state index is 12.6. The number of rotatable bonds is 7. The number of carbonyl (C=O) groups is 1. The molecule has 6 nitrogen and oxygen atoms in total. The van der Waals surface area contributed by atoms with Gasteiger partial charge in [0.25, 0.3) is 5.56 Å². The van der Waals surface area contributed by atoms with Gasteiger partial charge >= 0.3 is 0 Å². The molecule has 0 fully saturated rings. The molecule has 1 amide bonds. The molecule has 0 aliphatic rings. The summed E-state index contributed by atoms with van der Waals surface area (Å²) in [6.07, 6.45) is 0.462. The quantitative estimate of drug-likeness (QED) is 0.416. The molecule has 0 aliphatic carbocycles. The van der Waals surface area contributed by atoms with Crippen LogP contribution in [0.5, 0.6) is 5.75 Å². The van der Waals surface area contributed by atoms with E-state index in [-0.39, 0.29) is 11.5 Å². The van der Waals surface area contributed by atoms with Crippen molar-refractivity contribution >= 4 is 35.0 Å². The van der Waals surface area contributed by atoms with E-state index in [0.717, 1.165) is 5.56 Å². The molecular weight excluding hydrogens is 422 g/mol. The standard InChI is InChI=1S/C22H22ClN3O3S/c1-13-19(12-15-4-6-16(23)7-5-15)21(28)26-22(24-13)30-14(2)20(27)25-17-8-10-18(29-3)11-9-17/h4-11,14H,12H2,1-3H3,(H,25,27)(H,24,26,28). The lowest BCUT2D eigenvalue weighted by atomic mass is 10.1. The van der Waals surface area contributed by atoms with Gasteiger partial charge < -0.3 is 15.0 Å². The number of nitrogens with zero attached hydrogens (tertiary/aromatic N) is 1. The van der Waals surface area contributed by atoms with Crippen molar-refractivity contribution < 1.29 is 9.53 Å². The number of thioether (sulfide) groups is 1. The summed E-state index contributed by atoms with van der Waals surface area (Å²) >= 11 is 7.12. The topological polar surface area (TPSA) is 84.1 Å². The van der Waals surface area contributed by atoms with Crippen LogP contribution in [0.4, 0.5) is 5.69 Å². The van der Waals surface area contributed by atoms with Crippen LogP contribution < -0.4 is 15.6 Å². The minimum atomic E-state index is -0.447. The fourth-order valence-electron chi connectivity index (χ4n) is 2.79. The molecule has 0 saturated carbocycles. The smallest absolute Gasteiger partial charge is 0.255 e. The van der Waals surface area contributed by atoms with E-state index in [2.05, 4.69) is 15.3 Å². The number of aromatic nitrogens is 2. The molecule has 156 valence electrons. The average Bonchev–Trinajstić information content (AvgIpc) is 2.72. The number of aromatic amines is 1. The number of nitrogens with one attached hydrogen (secondary N) is 2. The molecule has 2 N–H and O–H groups in total. The third-order valence-electron chi connectivity index (χ3n) is 4.51. The predicted molar refractivity (Wildman–Crippen MR) is 121 cm³/mol. The van der Waals surface area contributed by atoms with Crippen LogP contribution in [0, 0.1) is 6.92 Å². The summed E-state index contributed by atoms with van der Waals surface area (Å²) in [6.45, 7) is 3.56. The van der Waals surface area contributed by atoms with Crippen LogP contribution in [0.1, 0.15) is 23.7 Å². The minimum Gasteiger partial charge on any atom is -0.497 e. The molecule has 8 heteroatoms. The summed E-state index contributed by atoms with van der Waals surface area (Å²) < 4.78 is 5.11. The van der Waals surface area contributed by atoms with Crippen molar-refractivity contribution in [3.8, 4) is 5.75 Å². The molecule has 1 heterocycles. The lowest BCUT2D eigenvalue weighted by Gasteiger charge is -2.13. The van der Waals surface area contributed by atoms with Crippen LogP contribution in [0.2, 0.25) is 5.02 Å². The number of ether oxygens (including phenoxy) is 1. The zero-order valence-electron chi connectivity index (χ0n) is 16.9. The Kier molecular flexibility index (Phi) is 7.18. The van der Waals surface area contributed by atoms with E-state index < -0.39 is 5.25 Å². The third kappa shape index (κ3) is 5.64. The number of methoxy groups -OCH3 is 1. The zero-order chi connectivity index (χ0) is 21.7. The molecule has 1 unspecified atom stereocenters.